The molecule has 1 saturated heterocycles. The first kappa shape index (κ1) is 25.5. The van der Waals surface area contributed by atoms with Crippen LogP contribution in [0.3, 0.4) is 0 Å². The second-order valence-electron chi connectivity index (χ2n) is 7.23. The van der Waals surface area contributed by atoms with Crippen LogP contribution in [0.5, 0.6) is 0 Å². The van der Waals surface area contributed by atoms with Crippen molar-refractivity contribution in [1.82, 2.24) is 4.90 Å². The first-order valence-electron chi connectivity index (χ1n) is 10.1. The third-order valence-corrected chi connectivity index (χ3v) is 4.82. The summed E-state index contributed by atoms with van der Waals surface area (Å²) in [5, 5.41) is 32.5. The zero-order chi connectivity index (χ0) is 22.7. The van der Waals surface area contributed by atoms with Crippen LogP contribution >= 0.6 is 0 Å². The van der Waals surface area contributed by atoms with Crippen molar-refractivity contribution < 1.29 is 34.8 Å². The maximum Gasteiger partial charge on any atom is 0.335 e. The van der Waals surface area contributed by atoms with Crippen LogP contribution in [0.4, 0.5) is 5.69 Å². The van der Waals surface area contributed by atoms with Crippen LogP contribution in [0.2, 0.25) is 0 Å². The highest BCUT2D eigenvalue weighted by molar-refractivity contribution is 5.93. The molecule has 0 saturated carbocycles. The van der Waals surface area contributed by atoms with Crippen molar-refractivity contribution in [3.8, 4) is 0 Å². The second-order valence-corrected chi connectivity index (χ2v) is 7.23. The number of aliphatic hydroxyl groups excluding tert-OH is 2. The molecule has 0 bridgehead atoms. The molecule has 9 nitrogen and oxygen atoms in total. The Morgan fingerprint density at radius 3 is 1.90 bits per heavy atom. The number of amides is 1. The van der Waals surface area contributed by atoms with Crippen molar-refractivity contribution in [3.05, 3.63) is 30.3 Å². The topological polar surface area (TPSA) is 139 Å². The van der Waals surface area contributed by atoms with Gasteiger partial charge in [0.05, 0.1) is 0 Å². The summed E-state index contributed by atoms with van der Waals surface area (Å²) >= 11 is 0. The third-order valence-electron chi connectivity index (χ3n) is 4.82. The largest absolute Gasteiger partial charge is 0.479 e. The number of hydrogen-bond donors (Lipinski definition) is 4. The van der Waals surface area contributed by atoms with Gasteiger partial charge in [-0.15, -0.1) is 0 Å². The van der Waals surface area contributed by atoms with Gasteiger partial charge in [0.2, 0.25) is 5.91 Å². The monoisotopic (exact) mass is 424 g/mol. The molecule has 1 aliphatic rings. The molecular formula is C21H32N2O7. The van der Waals surface area contributed by atoms with Gasteiger partial charge >= 0.3 is 11.9 Å². The van der Waals surface area contributed by atoms with Crippen LogP contribution in [0.15, 0.2) is 30.3 Å². The lowest BCUT2D eigenvalue weighted by atomic mass is 10.1. The molecule has 30 heavy (non-hydrogen) atoms. The van der Waals surface area contributed by atoms with Gasteiger partial charge in [-0.1, -0.05) is 31.5 Å². The van der Waals surface area contributed by atoms with Gasteiger partial charge in [0.1, 0.15) is 0 Å². The highest BCUT2D eigenvalue weighted by Crippen LogP contribution is 2.19. The van der Waals surface area contributed by atoms with E-state index in [1.165, 1.54) is 32.4 Å². The molecule has 1 fully saturated rings. The van der Waals surface area contributed by atoms with Gasteiger partial charge in [-0.25, -0.2) is 9.59 Å². The van der Waals surface area contributed by atoms with E-state index in [-0.39, 0.29) is 11.9 Å². The maximum absolute atomic E-state index is 12.3. The summed E-state index contributed by atoms with van der Waals surface area (Å²) in [7, 11) is 0. The molecule has 0 aromatic heterocycles. The summed E-state index contributed by atoms with van der Waals surface area (Å²) in [6, 6.07) is 10.3. The van der Waals surface area contributed by atoms with Crippen molar-refractivity contribution in [2.45, 2.75) is 57.8 Å². The molecule has 0 spiro atoms. The molecule has 0 aliphatic carbocycles. The minimum absolute atomic E-state index is 0.209. The molecule has 2 rings (SSSR count). The number of benzene rings is 1. The first-order chi connectivity index (χ1) is 14.2. The van der Waals surface area contributed by atoms with Gasteiger partial charge < -0.3 is 30.2 Å². The number of likely N-dealkylation sites (tertiary alicyclic amines) is 1. The summed E-state index contributed by atoms with van der Waals surface area (Å²) in [6.07, 6.45) is -0.0463. The summed E-state index contributed by atoms with van der Waals surface area (Å²) < 4.78 is 0. The second kappa shape index (κ2) is 12.9. The highest BCUT2D eigenvalue weighted by atomic mass is 16.4. The number of hydrogen-bond acceptors (Lipinski definition) is 6. The summed E-state index contributed by atoms with van der Waals surface area (Å²) in [4.78, 5) is 36.3. The molecule has 1 aromatic carbocycles. The van der Waals surface area contributed by atoms with E-state index in [1.54, 1.807) is 0 Å². The van der Waals surface area contributed by atoms with Gasteiger partial charge in [0.25, 0.3) is 0 Å². The van der Waals surface area contributed by atoms with Gasteiger partial charge in [-0.2, -0.15) is 0 Å². The van der Waals surface area contributed by atoms with Gasteiger partial charge in [-0.05, 0) is 45.0 Å². The average Bonchev–Trinajstić information content (AvgIpc) is 2.74. The van der Waals surface area contributed by atoms with E-state index in [9.17, 15) is 14.4 Å². The van der Waals surface area contributed by atoms with Crippen LogP contribution in [0, 0.1) is 0 Å². The van der Waals surface area contributed by atoms with E-state index in [1.807, 2.05) is 42.2 Å². The summed E-state index contributed by atoms with van der Waals surface area (Å²) in [6.45, 7) is 7.42. The Morgan fingerprint density at radius 2 is 1.47 bits per heavy atom. The van der Waals surface area contributed by atoms with Gasteiger partial charge in [0.15, 0.2) is 12.2 Å². The number of carboxylic acids is 2. The Hall–Kier alpha value is -2.49. The molecule has 0 radical (unpaired) electrons. The maximum atomic E-state index is 12.3. The van der Waals surface area contributed by atoms with Crippen molar-refractivity contribution in [1.29, 1.82) is 0 Å². The lowest BCUT2D eigenvalue weighted by molar-refractivity contribution is -0.165. The molecule has 9 heteroatoms. The number of nitrogens with zero attached hydrogens (tertiary/aromatic N) is 2. The number of aliphatic hydroxyl groups is 2. The lowest BCUT2D eigenvalue weighted by Crippen LogP contribution is -2.46. The summed E-state index contributed by atoms with van der Waals surface area (Å²) in [5.41, 5.74) is 1.02. The number of carboxylic acid groups (broad SMARTS) is 2. The quantitative estimate of drug-likeness (QED) is 0.488. The van der Waals surface area contributed by atoms with Crippen LogP contribution in [-0.4, -0.2) is 81.1 Å². The van der Waals surface area contributed by atoms with Crippen LogP contribution in [0.1, 0.15) is 39.5 Å². The van der Waals surface area contributed by atoms with E-state index in [0.29, 0.717) is 6.42 Å². The molecule has 1 unspecified atom stereocenters. The fourth-order valence-electron chi connectivity index (χ4n) is 3.27. The molecule has 1 heterocycles. The minimum Gasteiger partial charge on any atom is -0.479 e. The first-order valence-corrected chi connectivity index (χ1v) is 10.1. The molecule has 1 amide bonds. The van der Waals surface area contributed by atoms with E-state index >= 15 is 0 Å². The van der Waals surface area contributed by atoms with E-state index in [2.05, 4.69) is 11.8 Å². The fourth-order valence-corrected chi connectivity index (χ4v) is 3.27. The molecule has 4 N–H and O–H groups in total. The highest BCUT2D eigenvalue weighted by Gasteiger charge is 2.29. The van der Waals surface area contributed by atoms with Crippen molar-refractivity contribution in [2.24, 2.45) is 0 Å². The number of aliphatic carboxylic acids is 2. The number of carbonyl (C=O) groups excluding carboxylic acids is 1. The standard InChI is InChI=1S/C17H26N2O.C4H6O6/c1-3-17(20)19(16-10-6-4-7-11-16)15(2)14-18-12-8-5-9-13-18;5-1(3(7)8)2(6)4(9)10/h4,6-7,10-11,15H,3,5,8-9,12-14H2,1-2H3;1-2,5-6H,(H,7,8)(H,9,10)/t;1-,2-/m.1/s1. The summed E-state index contributed by atoms with van der Waals surface area (Å²) in [5.74, 6) is -3.33. The molecule has 168 valence electrons. The molecule has 1 aromatic rings. The Balaban J connectivity index is 0.000000382. The van der Waals surface area contributed by atoms with Crippen molar-refractivity contribution in [2.75, 3.05) is 24.5 Å². The lowest BCUT2D eigenvalue weighted by Gasteiger charge is -2.35. The SMILES string of the molecule is CCC(=O)N(c1ccccc1)C(C)CN1CCCCC1.O=C(O)[C@H](O)[C@@H](O)C(=O)O. The number of anilines is 1. The van der Waals surface area contributed by atoms with Gasteiger partial charge in [-0.3, -0.25) is 4.79 Å². The van der Waals surface area contributed by atoms with E-state index in [4.69, 9.17) is 20.4 Å². The molecule has 1 aliphatic heterocycles. The number of para-hydroxylation sites is 1. The number of carbonyl (C=O) groups is 3. The fraction of sp³-hybridized carbons (Fsp3) is 0.571. The third kappa shape index (κ3) is 8.10. The van der Waals surface area contributed by atoms with Crippen LogP contribution in [-0.2, 0) is 14.4 Å². The van der Waals surface area contributed by atoms with Crippen molar-refractivity contribution >= 4 is 23.5 Å². The van der Waals surface area contributed by atoms with E-state index in [0.717, 1.165) is 12.2 Å². The Morgan fingerprint density at radius 1 is 0.967 bits per heavy atom. The van der Waals surface area contributed by atoms with Crippen molar-refractivity contribution in [3.63, 3.8) is 0 Å². The Labute approximate surface area is 176 Å². The number of rotatable bonds is 8. The normalized spacial score (nSPS) is 17.1. The smallest absolute Gasteiger partial charge is 0.335 e. The predicted octanol–water partition coefficient (Wildman–Crippen LogP) is 1.18. The average molecular weight is 424 g/mol. The Bertz CT molecular complexity index is 659. The zero-order valence-corrected chi connectivity index (χ0v) is 17.5. The molecular weight excluding hydrogens is 392 g/mol. The number of piperidine rings is 1. The van der Waals surface area contributed by atoms with Crippen LogP contribution in [0.25, 0.3) is 0 Å². The van der Waals surface area contributed by atoms with Gasteiger partial charge in [0, 0.05) is 24.7 Å². The zero-order valence-electron chi connectivity index (χ0n) is 17.5. The predicted molar refractivity (Wildman–Crippen MR) is 111 cm³/mol. The van der Waals surface area contributed by atoms with Crippen LogP contribution < -0.4 is 4.90 Å². The Kier molecular flexibility index (Phi) is 11.0. The minimum atomic E-state index is -2.27. The molecule has 3 atom stereocenters. The van der Waals surface area contributed by atoms with E-state index < -0.39 is 24.1 Å².